The smallest absolute Gasteiger partial charge is 0.193 e. The summed E-state index contributed by atoms with van der Waals surface area (Å²) in [6, 6.07) is 10.4. The number of nitrogens with zero attached hydrogens (tertiary/aromatic N) is 4. The Labute approximate surface area is 164 Å². The second-order valence-electron chi connectivity index (χ2n) is 5.47. The second kappa shape index (κ2) is 9.83. The molecule has 24 heavy (non-hydrogen) atoms. The van der Waals surface area contributed by atoms with E-state index in [1.54, 1.807) is 0 Å². The van der Waals surface area contributed by atoms with Crippen LogP contribution in [0.4, 0.5) is 5.82 Å². The molecule has 5 nitrogen and oxygen atoms in total. The van der Waals surface area contributed by atoms with Crippen molar-refractivity contribution in [1.82, 2.24) is 15.2 Å². The van der Waals surface area contributed by atoms with E-state index < -0.39 is 0 Å². The van der Waals surface area contributed by atoms with Crippen LogP contribution in [-0.2, 0) is 6.42 Å². The Morgan fingerprint density at radius 1 is 1.21 bits per heavy atom. The number of rotatable bonds is 4. The predicted octanol–water partition coefficient (Wildman–Crippen LogP) is 2.70. The minimum Gasteiger partial charge on any atom is -0.356 e. The number of aromatic nitrogens is 1. The van der Waals surface area contributed by atoms with Crippen molar-refractivity contribution in [2.24, 2.45) is 4.99 Å². The zero-order valence-corrected chi connectivity index (χ0v) is 17.0. The summed E-state index contributed by atoms with van der Waals surface area (Å²) in [6.07, 6.45) is 2.90. The van der Waals surface area contributed by atoms with Crippen LogP contribution >= 0.6 is 35.3 Å². The molecular weight excluding hydrogens is 433 g/mol. The van der Waals surface area contributed by atoms with Gasteiger partial charge in [-0.1, -0.05) is 12.1 Å². The van der Waals surface area contributed by atoms with Crippen LogP contribution in [0.5, 0.6) is 0 Å². The third-order valence-electron chi connectivity index (χ3n) is 4.00. The van der Waals surface area contributed by atoms with Crippen LogP contribution < -0.4 is 10.2 Å². The van der Waals surface area contributed by atoms with E-state index in [-0.39, 0.29) is 24.0 Å². The number of anilines is 1. The summed E-state index contributed by atoms with van der Waals surface area (Å²) in [7, 11) is 1.86. The quantitative estimate of drug-likeness (QED) is 0.436. The lowest BCUT2D eigenvalue weighted by molar-refractivity contribution is 0.372. The van der Waals surface area contributed by atoms with E-state index in [0.717, 1.165) is 50.9 Å². The van der Waals surface area contributed by atoms with E-state index in [2.05, 4.69) is 48.7 Å². The molecule has 1 saturated heterocycles. The van der Waals surface area contributed by atoms with Gasteiger partial charge in [0, 0.05) is 50.8 Å². The Bertz CT molecular complexity index is 609. The third kappa shape index (κ3) is 5.07. The first-order valence-electron chi connectivity index (χ1n) is 8.01. The van der Waals surface area contributed by atoms with Gasteiger partial charge >= 0.3 is 0 Å². The molecule has 2 aromatic heterocycles. The van der Waals surface area contributed by atoms with Crippen molar-refractivity contribution in [3.05, 3.63) is 46.8 Å². The van der Waals surface area contributed by atoms with Crippen molar-refractivity contribution in [2.45, 2.75) is 6.42 Å². The maximum Gasteiger partial charge on any atom is 0.193 e. The molecule has 1 aliphatic rings. The topological polar surface area (TPSA) is 43.8 Å². The number of hydrogen-bond acceptors (Lipinski definition) is 4. The normalized spacial score (nSPS) is 15.1. The fraction of sp³-hybridized carbons (Fsp3) is 0.412. The molecule has 0 bridgehead atoms. The largest absolute Gasteiger partial charge is 0.356 e. The fourth-order valence-electron chi connectivity index (χ4n) is 2.77. The van der Waals surface area contributed by atoms with Crippen LogP contribution in [0.25, 0.3) is 0 Å². The summed E-state index contributed by atoms with van der Waals surface area (Å²) in [5.41, 5.74) is 0. The number of pyridine rings is 1. The van der Waals surface area contributed by atoms with Crippen LogP contribution in [-0.4, -0.2) is 55.6 Å². The SMILES string of the molecule is CN=C(NCCc1cccs1)N1CCN(c2ccccn2)CC1.I. The predicted molar refractivity (Wildman–Crippen MR) is 113 cm³/mol. The molecule has 0 aromatic carbocycles. The Kier molecular flexibility index (Phi) is 7.77. The van der Waals surface area contributed by atoms with Crippen molar-refractivity contribution in [2.75, 3.05) is 44.7 Å². The molecule has 0 atom stereocenters. The summed E-state index contributed by atoms with van der Waals surface area (Å²) in [5.74, 6) is 2.06. The number of aliphatic imine (C=N–C) groups is 1. The molecule has 3 heterocycles. The summed E-state index contributed by atoms with van der Waals surface area (Å²) in [4.78, 5) is 14.9. The summed E-state index contributed by atoms with van der Waals surface area (Å²) >= 11 is 1.81. The summed E-state index contributed by atoms with van der Waals surface area (Å²) in [6.45, 7) is 4.81. The van der Waals surface area contributed by atoms with E-state index in [4.69, 9.17) is 0 Å². The molecule has 0 radical (unpaired) electrons. The lowest BCUT2D eigenvalue weighted by Crippen LogP contribution is -2.53. The standard InChI is InChI=1S/C17H23N5S.HI/c1-18-17(20-9-7-15-5-4-14-23-15)22-12-10-21(11-13-22)16-6-2-3-8-19-16;/h2-6,8,14H,7,9-13H2,1H3,(H,18,20);1H. The number of thiophene rings is 1. The fourth-order valence-corrected chi connectivity index (χ4v) is 3.48. The highest BCUT2D eigenvalue weighted by molar-refractivity contribution is 14.0. The highest BCUT2D eigenvalue weighted by atomic mass is 127. The van der Waals surface area contributed by atoms with E-state index >= 15 is 0 Å². The number of nitrogens with one attached hydrogen (secondary N) is 1. The zero-order valence-electron chi connectivity index (χ0n) is 13.9. The van der Waals surface area contributed by atoms with E-state index in [9.17, 15) is 0 Å². The molecule has 0 saturated carbocycles. The van der Waals surface area contributed by atoms with Gasteiger partial charge in [-0.2, -0.15) is 0 Å². The van der Waals surface area contributed by atoms with Gasteiger partial charge in [0.25, 0.3) is 0 Å². The van der Waals surface area contributed by atoms with Crippen molar-refractivity contribution in [1.29, 1.82) is 0 Å². The monoisotopic (exact) mass is 457 g/mol. The highest BCUT2D eigenvalue weighted by Crippen LogP contribution is 2.12. The van der Waals surface area contributed by atoms with Crippen LogP contribution in [0.2, 0.25) is 0 Å². The van der Waals surface area contributed by atoms with Crippen molar-refractivity contribution in [3.8, 4) is 0 Å². The maximum atomic E-state index is 4.43. The van der Waals surface area contributed by atoms with Crippen molar-refractivity contribution < 1.29 is 0 Å². The molecule has 7 heteroatoms. The third-order valence-corrected chi connectivity index (χ3v) is 4.94. The number of piperazine rings is 1. The molecule has 130 valence electrons. The Hall–Kier alpha value is -1.35. The number of hydrogen-bond donors (Lipinski definition) is 1. The zero-order chi connectivity index (χ0) is 15.9. The molecule has 2 aromatic rings. The van der Waals surface area contributed by atoms with Gasteiger partial charge in [-0.05, 0) is 30.0 Å². The Balaban J connectivity index is 0.00000208. The minimum atomic E-state index is 0. The first kappa shape index (κ1) is 19.0. The van der Waals surface area contributed by atoms with Crippen LogP contribution in [0.3, 0.4) is 0 Å². The molecular formula is C17H24IN5S. The lowest BCUT2D eigenvalue weighted by Gasteiger charge is -2.37. The van der Waals surface area contributed by atoms with Gasteiger partial charge in [-0.3, -0.25) is 4.99 Å². The molecule has 1 aliphatic heterocycles. The molecule has 0 unspecified atom stereocenters. The molecule has 3 rings (SSSR count). The van der Waals surface area contributed by atoms with E-state index in [1.165, 1.54) is 4.88 Å². The molecule has 1 fully saturated rings. The van der Waals surface area contributed by atoms with E-state index in [0.29, 0.717) is 0 Å². The number of halogens is 1. The maximum absolute atomic E-state index is 4.43. The van der Waals surface area contributed by atoms with Gasteiger partial charge in [0.15, 0.2) is 5.96 Å². The van der Waals surface area contributed by atoms with Crippen molar-refractivity contribution >= 4 is 47.1 Å². The van der Waals surface area contributed by atoms with Crippen LogP contribution in [0.15, 0.2) is 46.9 Å². The van der Waals surface area contributed by atoms with Gasteiger partial charge in [0.05, 0.1) is 0 Å². The molecule has 1 N–H and O–H groups in total. The first-order chi connectivity index (χ1) is 11.4. The second-order valence-corrected chi connectivity index (χ2v) is 6.50. The molecule has 0 amide bonds. The average Bonchev–Trinajstić information content (AvgIpc) is 3.13. The highest BCUT2D eigenvalue weighted by Gasteiger charge is 2.20. The van der Waals surface area contributed by atoms with Gasteiger partial charge < -0.3 is 15.1 Å². The Morgan fingerprint density at radius 2 is 2.04 bits per heavy atom. The molecule has 0 spiro atoms. The van der Waals surface area contributed by atoms with Gasteiger partial charge in [0.1, 0.15) is 5.82 Å². The van der Waals surface area contributed by atoms with Gasteiger partial charge in [-0.15, -0.1) is 35.3 Å². The van der Waals surface area contributed by atoms with Crippen molar-refractivity contribution in [3.63, 3.8) is 0 Å². The van der Waals surface area contributed by atoms with E-state index in [1.807, 2.05) is 36.7 Å². The average molecular weight is 457 g/mol. The van der Waals surface area contributed by atoms with Crippen LogP contribution in [0.1, 0.15) is 4.88 Å². The van der Waals surface area contributed by atoms with Gasteiger partial charge in [0.2, 0.25) is 0 Å². The minimum absolute atomic E-state index is 0. The molecule has 0 aliphatic carbocycles. The number of guanidine groups is 1. The lowest BCUT2D eigenvalue weighted by atomic mass is 10.3. The van der Waals surface area contributed by atoms with Gasteiger partial charge in [-0.25, -0.2) is 4.98 Å². The summed E-state index contributed by atoms with van der Waals surface area (Å²) in [5, 5.41) is 5.61. The van der Waals surface area contributed by atoms with Crippen LogP contribution in [0, 0.1) is 0 Å². The first-order valence-corrected chi connectivity index (χ1v) is 8.89. The Morgan fingerprint density at radius 3 is 2.67 bits per heavy atom. The summed E-state index contributed by atoms with van der Waals surface area (Å²) < 4.78 is 0.